The van der Waals surface area contributed by atoms with Crippen LogP contribution in [0.25, 0.3) is 11.3 Å². The third kappa shape index (κ3) is 4.49. The highest BCUT2D eigenvalue weighted by Crippen LogP contribution is 2.23. The molecule has 0 aliphatic rings. The van der Waals surface area contributed by atoms with Crippen LogP contribution in [-0.4, -0.2) is 22.8 Å². The van der Waals surface area contributed by atoms with E-state index in [1.807, 2.05) is 0 Å². The fourth-order valence-corrected chi connectivity index (χ4v) is 2.61. The third-order valence-electron chi connectivity index (χ3n) is 3.95. The first-order chi connectivity index (χ1) is 12.9. The molecule has 0 aliphatic heterocycles. The second-order valence-corrected chi connectivity index (χ2v) is 6.02. The van der Waals surface area contributed by atoms with Crippen molar-refractivity contribution < 1.29 is 23.9 Å². The van der Waals surface area contributed by atoms with Crippen LogP contribution in [0, 0.1) is 0 Å². The molecule has 3 rings (SSSR count). The number of hydrogen-bond donors (Lipinski definition) is 2. The van der Waals surface area contributed by atoms with Crippen molar-refractivity contribution >= 4 is 23.3 Å². The number of carboxylic acids is 1. The number of nitrogens with one attached hydrogen (secondary N) is 1. The van der Waals surface area contributed by atoms with Crippen LogP contribution in [0.3, 0.4) is 0 Å². The van der Waals surface area contributed by atoms with Gasteiger partial charge in [-0.1, -0.05) is 36.4 Å². The number of benzene rings is 2. The summed E-state index contributed by atoms with van der Waals surface area (Å²) in [5.74, 6) is -0.760. The number of amides is 1. The van der Waals surface area contributed by atoms with Crippen LogP contribution in [0.2, 0.25) is 0 Å². The van der Waals surface area contributed by atoms with E-state index in [1.54, 1.807) is 60.7 Å². The first kappa shape index (κ1) is 18.1. The number of carbonyl (C=O) groups excluding carboxylic acids is 2. The zero-order valence-corrected chi connectivity index (χ0v) is 14.6. The number of anilines is 1. The minimum absolute atomic E-state index is 0.0220. The largest absolute Gasteiger partial charge is 0.481 e. The van der Waals surface area contributed by atoms with Gasteiger partial charge < -0.3 is 14.8 Å². The summed E-state index contributed by atoms with van der Waals surface area (Å²) in [4.78, 5) is 34.5. The summed E-state index contributed by atoms with van der Waals surface area (Å²) < 4.78 is 5.61. The van der Waals surface area contributed by atoms with Gasteiger partial charge in [0.05, 0.1) is 6.42 Å². The van der Waals surface area contributed by atoms with Crippen molar-refractivity contribution in [3.8, 4) is 11.3 Å². The number of aliphatic carboxylic acids is 1. The molecule has 0 aliphatic carbocycles. The van der Waals surface area contributed by atoms with Gasteiger partial charge in [-0.3, -0.25) is 14.4 Å². The molecule has 1 amide bonds. The summed E-state index contributed by atoms with van der Waals surface area (Å²) in [6.07, 6.45) is -0.120. The Morgan fingerprint density at radius 2 is 1.74 bits per heavy atom. The summed E-state index contributed by atoms with van der Waals surface area (Å²) in [6, 6.07) is 16.8. The summed E-state index contributed by atoms with van der Waals surface area (Å²) in [6.45, 7) is 1.50. The molecule has 0 unspecified atom stereocenters. The lowest BCUT2D eigenvalue weighted by Crippen LogP contribution is -2.11. The Morgan fingerprint density at radius 1 is 1.00 bits per heavy atom. The van der Waals surface area contributed by atoms with Crippen molar-refractivity contribution in [2.75, 3.05) is 5.32 Å². The van der Waals surface area contributed by atoms with Crippen LogP contribution in [-0.2, 0) is 11.2 Å². The molecule has 3 aromatic rings. The molecule has 0 spiro atoms. The van der Waals surface area contributed by atoms with Crippen molar-refractivity contribution in [3.05, 3.63) is 77.6 Å². The van der Waals surface area contributed by atoms with Gasteiger partial charge in [-0.25, -0.2) is 0 Å². The maximum Gasteiger partial charge on any atom is 0.307 e. The molecule has 0 saturated heterocycles. The molecule has 0 saturated carbocycles. The molecule has 0 radical (unpaired) electrons. The fraction of sp³-hybridized carbons (Fsp3) is 0.0952. The lowest BCUT2D eigenvalue weighted by atomic mass is 10.1. The average molecular weight is 363 g/mol. The standard InChI is InChI=1S/C21H17NO5/c1-13(23)15-5-7-16(8-6-15)18-9-10-19(27-18)21(26)22-17-4-2-3-14(11-17)12-20(24)25/h2-11H,12H2,1H3,(H,22,26)(H,24,25). The Balaban J connectivity index is 1.73. The Bertz CT molecular complexity index is 1000. The van der Waals surface area contributed by atoms with Gasteiger partial charge >= 0.3 is 5.97 Å². The summed E-state index contributed by atoms with van der Waals surface area (Å²) in [7, 11) is 0. The third-order valence-corrected chi connectivity index (χ3v) is 3.95. The van der Waals surface area contributed by atoms with E-state index in [2.05, 4.69) is 5.32 Å². The fourth-order valence-electron chi connectivity index (χ4n) is 2.61. The number of carboxylic acid groups (broad SMARTS) is 1. The number of hydrogen-bond acceptors (Lipinski definition) is 4. The number of furan rings is 1. The van der Waals surface area contributed by atoms with E-state index in [9.17, 15) is 14.4 Å². The van der Waals surface area contributed by atoms with Gasteiger partial charge in [-0.05, 0) is 36.8 Å². The van der Waals surface area contributed by atoms with E-state index in [4.69, 9.17) is 9.52 Å². The normalized spacial score (nSPS) is 10.4. The molecule has 2 aromatic carbocycles. The Kier molecular flexibility index (Phi) is 5.17. The van der Waals surface area contributed by atoms with E-state index >= 15 is 0 Å². The lowest BCUT2D eigenvalue weighted by Gasteiger charge is -2.05. The molecule has 6 heteroatoms. The van der Waals surface area contributed by atoms with Crippen LogP contribution < -0.4 is 5.32 Å². The molecule has 2 N–H and O–H groups in total. The monoisotopic (exact) mass is 363 g/mol. The maximum absolute atomic E-state index is 12.4. The van der Waals surface area contributed by atoms with Crippen LogP contribution in [0.5, 0.6) is 0 Å². The quantitative estimate of drug-likeness (QED) is 0.645. The van der Waals surface area contributed by atoms with E-state index in [0.29, 0.717) is 22.6 Å². The molecule has 136 valence electrons. The molecule has 0 atom stereocenters. The van der Waals surface area contributed by atoms with Gasteiger partial charge in [0.1, 0.15) is 5.76 Å². The zero-order chi connectivity index (χ0) is 19.4. The van der Waals surface area contributed by atoms with Gasteiger partial charge in [0.25, 0.3) is 5.91 Å². The second-order valence-electron chi connectivity index (χ2n) is 6.02. The van der Waals surface area contributed by atoms with Crippen molar-refractivity contribution in [3.63, 3.8) is 0 Å². The molecule has 1 aromatic heterocycles. The number of carbonyl (C=O) groups is 3. The molecule has 6 nitrogen and oxygen atoms in total. The minimum Gasteiger partial charge on any atom is -0.481 e. The molecule has 1 heterocycles. The first-order valence-corrected chi connectivity index (χ1v) is 8.25. The highest BCUT2D eigenvalue weighted by atomic mass is 16.4. The number of Topliss-reactive ketones (excluding diaryl/α,β-unsaturated/α-hetero) is 1. The van der Waals surface area contributed by atoms with Crippen LogP contribution in [0.15, 0.2) is 65.1 Å². The van der Waals surface area contributed by atoms with Crippen molar-refractivity contribution in [2.24, 2.45) is 0 Å². The summed E-state index contributed by atoms with van der Waals surface area (Å²) in [5.41, 5.74) is 2.43. The zero-order valence-electron chi connectivity index (χ0n) is 14.6. The minimum atomic E-state index is -0.940. The van der Waals surface area contributed by atoms with Crippen molar-refractivity contribution in [1.82, 2.24) is 0 Å². The first-order valence-electron chi connectivity index (χ1n) is 8.25. The molecular formula is C21H17NO5. The topological polar surface area (TPSA) is 96.6 Å². The number of ketones is 1. The average Bonchev–Trinajstić information content (AvgIpc) is 3.12. The Hall–Kier alpha value is -3.67. The van der Waals surface area contributed by atoms with Crippen LogP contribution >= 0.6 is 0 Å². The highest BCUT2D eigenvalue weighted by molar-refractivity contribution is 6.02. The predicted molar refractivity (Wildman–Crippen MR) is 99.9 cm³/mol. The van der Waals surface area contributed by atoms with Gasteiger partial charge in [-0.15, -0.1) is 0 Å². The highest BCUT2D eigenvalue weighted by Gasteiger charge is 2.13. The smallest absolute Gasteiger partial charge is 0.307 e. The Labute approximate surface area is 155 Å². The SMILES string of the molecule is CC(=O)c1ccc(-c2ccc(C(=O)Nc3cccc(CC(=O)O)c3)o2)cc1. The van der Waals surface area contributed by atoms with E-state index in [1.165, 1.54) is 6.92 Å². The van der Waals surface area contributed by atoms with Crippen LogP contribution in [0.4, 0.5) is 5.69 Å². The van der Waals surface area contributed by atoms with E-state index in [0.717, 1.165) is 5.56 Å². The number of rotatable bonds is 6. The Morgan fingerprint density at radius 3 is 2.41 bits per heavy atom. The summed E-state index contributed by atoms with van der Waals surface area (Å²) >= 11 is 0. The van der Waals surface area contributed by atoms with Crippen molar-refractivity contribution in [2.45, 2.75) is 13.3 Å². The van der Waals surface area contributed by atoms with Gasteiger partial charge in [-0.2, -0.15) is 0 Å². The molecule has 27 heavy (non-hydrogen) atoms. The molecular weight excluding hydrogens is 346 g/mol. The second kappa shape index (κ2) is 7.70. The van der Waals surface area contributed by atoms with Gasteiger partial charge in [0.2, 0.25) is 0 Å². The van der Waals surface area contributed by atoms with Crippen molar-refractivity contribution in [1.29, 1.82) is 0 Å². The lowest BCUT2D eigenvalue weighted by molar-refractivity contribution is -0.136. The predicted octanol–water partition coefficient (Wildman–Crippen LogP) is 4.03. The van der Waals surface area contributed by atoms with Gasteiger partial charge in [0, 0.05) is 16.8 Å². The van der Waals surface area contributed by atoms with E-state index in [-0.39, 0.29) is 18.0 Å². The van der Waals surface area contributed by atoms with Crippen LogP contribution in [0.1, 0.15) is 33.4 Å². The molecule has 0 fully saturated rings. The summed E-state index contributed by atoms with van der Waals surface area (Å²) in [5, 5.41) is 11.5. The molecule has 0 bridgehead atoms. The van der Waals surface area contributed by atoms with E-state index < -0.39 is 11.9 Å². The van der Waals surface area contributed by atoms with Gasteiger partial charge in [0.15, 0.2) is 11.5 Å². The maximum atomic E-state index is 12.4.